The van der Waals surface area contributed by atoms with Gasteiger partial charge in [-0.2, -0.15) is 0 Å². The molecule has 0 spiro atoms. The fraction of sp³-hybridized carbons (Fsp3) is 0.0769. The van der Waals surface area contributed by atoms with Crippen LogP contribution in [-0.2, 0) is 7.05 Å². The molecule has 2 rings (SSSR count). The fourth-order valence-corrected chi connectivity index (χ4v) is 1.75. The van der Waals surface area contributed by atoms with Crippen LogP contribution in [0.3, 0.4) is 0 Å². The van der Waals surface area contributed by atoms with E-state index in [9.17, 15) is 9.59 Å². The Morgan fingerprint density at radius 2 is 2.11 bits per heavy atom. The van der Waals surface area contributed by atoms with Gasteiger partial charge in [0.05, 0.1) is 10.7 Å². The number of carbonyl (C=O) groups excluding carboxylic acids is 1. The van der Waals surface area contributed by atoms with Crippen molar-refractivity contribution < 1.29 is 4.79 Å². The molecule has 0 unspecified atom stereocenters. The molecule has 0 aliphatic rings. The van der Waals surface area contributed by atoms with Crippen molar-refractivity contribution in [3.05, 3.63) is 57.5 Å². The summed E-state index contributed by atoms with van der Waals surface area (Å²) < 4.78 is 1.34. The van der Waals surface area contributed by atoms with E-state index in [4.69, 9.17) is 17.3 Å². The van der Waals surface area contributed by atoms with Gasteiger partial charge in [-0.1, -0.05) is 11.6 Å². The number of pyridine rings is 1. The first-order chi connectivity index (χ1) is 8.99. The third-order valence-corrected chi connectivity index (χ3v) is 2.95. The molecule has 1 aromatic heterocycles. The van der Waals surface area contributed by atoms with Crippen LogP contribution >= 0.6 is 11.6 Å². The molecular formula is C13H12ClN3O2. The summed E-state index contributed by atoms with van der Waals surface area (Å²) in [5.74, 6) is -0.484. The van der Waals surface area contributed by atoms with E-state index in [2.05, 4.69) is 5.32 Å². The van der Waals surface area contributed by atoms with Crippen molar-refractivity contribution in [2.24, 2.45) is 7.05 Å². The molecule has 1 amide bonds. The molecule has 0 aliphatic heterocycles. The smallest absolute Gasteiger partial charge is 0.263 e. The number of nitrogens with zero attached hydrogens (tertiary/aromatic N) is 1. The van der Waals surface area contributed by atoms with E-state index in [-0.39, 0.29) is 11.1 Å². The number of aromatic nitrogens is 1. The molecule has 0 saturated carbocycles. The molecule has 0 radical (unpaired) electrons. The lowest BCUT2D eigenvalue weighted by Gasteiger charge is -2.07. The molecule has 19 heavy (non-hydrogen) atoms. The van der Waals surface area contributed by atoms with Gasteiger partial charge < -0.3 is 15.6 Å². The lowest BCUT2D eigenvalue weighted by Crippen LogP contribution is -2.27. The van der Waals surface area contributed by atoms with Crippen molar-refractivity contribution in [2.75, 3.05) is 11.1 Å². The van der Waals surface area contributed by atoms with E-state index < -0.39 is 5.91 Å². The molecule has 0 aliphatic carbocycles. The number of aryl methyl sites for hydroxylation is 1. The highest BCUT2D eigenvalue weighted by Crippen LogP contribution is 2.22. The van der Waals surface area contributed by atoms with Gasteiger partial charge in [-0.25, -0.2) is 0 Å². The average Bonchev–Trinajstić information content (AvgIpc) is 2.37. The number of amides is 1. The van der Waals surface area contributed by atoms with E-state index in [1.54, 1.807) is 31.4 Å². The molecule has 0 atom stereocenters. The Morgan fingerprint density at radius 1 is 1.37 bits per heavy atom. The largest absolute Gasteiger partial charge is 0.398 e. The zero-order valence-electron chi connectivity index (χ0n) is 10.2. The Hall–Kier alpha value is -2.27. The second-order valence-corrected chi connectivity index (χ2v) is 4.44. The number of carbonyl (C=O) groups is 1. The van der Waals surface area contributed by atoms with E-state index in [1.165, 1.54) is 16.7 Å². The molecule has 1 heterocycles. The summed E-state index contributed by atoms with van der Waals surface area (Å²) in [5, 5.41) is 2.95. The van der Waals surface area contributed by atoms with Gasteiger partial charge in [-0.15, -0.1) is 0 Å². The number of hydrogen-bond acceptors (Lipinski definition) is 3. The first-order valence-corrected chi connectivity index (χ1v) is 5.89. The van der Waals surface area contributed by atoms with Gasteiger partial charge >= 0.3 is 0 Å². The maximum Gasteiger partial charge on any atom is 0.263 e. The number of nitrogen functional groups attached to an aromatic ring is 1. The lowest BCUT2D eigenvalue weighted by molar-refractivity contribution is 0.102. The third kappa shape index (κ3) is 2.77. The number of nitrogens with one attached hydrogen (secondary N) is 1. The Bertz CT molecular complexity index is 695. The standard InChI is InChI=1S/C13H12ClN3O2/c1-17-6-2-3-9(13(17)19)12(18)16-8-4-5-11(15)10(14)7-8/h2-7H,15H2,1H3,(H,16,18). The van der Waals surface area contributed by atoms with Crippen molar-refractivity contribution >= 4 is 28.9 Å². The maximum absolute atomic E-state index is 12.0. The molecule has 98 valence electrons. The highest BCUT2D eigenvalue weighted by Gasteiger charge is 2.11. The lowest BCUT2D eigenvalue weighted by atomic mass is 10.2. The fourth-order valence-electron chi connectivity index (χ4n) is 1.57. The molecule has 5 nitrogen and oxygen atoms in total. The van der Waals surface area contributed by atoms with Crippen molar-refractivity contribution in [1.82, 2.24) is 4.57 Å². The summed E-state index contributed by atoms with van der Waals surface area (Å²) in [7, 11) is 1.58. The number of nitrogens with two attached hydrogens (primary N) is 1. The van der Waals surface area contributed by atoms with Crippen LogP contribution in [0.4, 0.5) is 11.4 Å². The zero-order valence-corrected chi connectivity index (χ0v) is 10.9. The predicted octanol–water partition coefficient (Wildman–Crippen LogP) is 1.87. The van der Waals surface area contributed by atoms with E-state index in [0.717, 1.165) is 0 Å². The number of anilines is 2. The molecule has 0 fully saturated rings. The minimum absolute atomic E-state index is 0.0675. The zero-order chi connectivity index (χ0) is 14.0. The molecule has 0 saturated heterocycles. The van der Waals surface area contributed by atoms with Gasteiger partial charge in [0.2, 0.25) is 0 Å². The van der Waals surface area contributed by atoms with Gasteiger partial charge in [-0.3, -0.25) is 9.59 Å². The minimum atomic E-state index is -0.484. The molecule has 3 N–H and O–H groups in total. The number of benzene rings is 1. The van der Waals surface area contributed by atoms with Crippen LogP contribution in [0.2, 0.25) is 5.02 Å². The molecule has 0 bridgehead atoms. The molecular weight excluding hydrogens is 266 g/mol. The van der Waals surface area contributed by atoms with Gasteiger partial charge in [0, 0.05) is 18.9 Å². The molecule has 6 heteroatoms. The van der Waals surface area contributed by atoms with E-state index in [1.807, 2.05) is 0 Å². The van der Waals surface area contributed by atoms with Crippen LogP contribution in [-0.4, -0.2) is 10.5 Å². The van der Waals surface area contributed by atoms with Crippen molar-refractivity contribution in [1.29, 1.82) is 0 Å². The topological polar surface area (TPSA) is 77.1 Å². The number of rotatable bonds is 2. The van der Waals surface area contributed by atoms with E-state index >= 15 is 0 Å². The van der Waals surface area contributed by atoms with Crippen LogP contribution in [0.5, 0.6) is 0 Å². The first kappa shape index (κ1) is 13.2. The predicted molar refractivity (Wildman–Crippen MR) is 75.5 cm³/mol. The monoisotopic (exact) mass is 277 g/mol. The Labute approximate surface area is 114 Å². The summed E-state index contributed by atoms with van der Waals surface area (Å²) in [4.78, 5) is 23.8. The molecule has 1 aromatic carbocycles. The van der Waals surface area contributed by atoms with Gasteiger partial charge in [-0.05, 0) is 30.3 Å². The number of hydrogen-bond donors (Lipinski definition) is 2. The Kier molecular flexibility index (Phi) is 3.57. The summed E-state index contributed by atoms with van der Waals surface area (Å²) in [6, 6.07) is 7.83. The summed E-state index contributed by atoms with van der Waals surface area (Å²) in [6.45, 7) is 0. The van der Waals surface area contributed by atoms with Crippen LogP contribution in [0.25, 0.3) is 0 Å². The third-order valence-electron chi connectivity index (χ3n) is 2.63. The summed E-state index contributed by atoms with van der Waals surface area (Å²) in [5.41, 5.74) is 6.19. The Balaban J connectivity index is 2.28. The second kappa shape index (κ2) is 5.16. The van der Waals surface area contributed by atoms with Crippen molar-refractivity contribution in [2.45, 2.75) is 0 Å². The van der Waals surface area contributed by atoms with Gasteiger partial charge in [0.25, 0.3) is 11.5 Å². The van der Waals surface area contributed by atoms with Crippen LogP contribution < -0.4 is 16.6 Å². The first-order valence-electron chi connectivity index (χ1n) is 5.51. The van der Waals surface area contributed by atoms with Crippen molar-refractivity contribution in [3.8, 4) is 0 Å². The average molecular weight is 278 g/mol. The highest BCUT2D eigenvalue weighted by atomic mass is 35.5. The minimum Gasteiger partial charge on any atom is -0.398 e. The van der Waals surface area contributed by atoms with Crippen LogP contribution in [0, 0.1) is 0 Å². The maximum atomic E-state index is 12.0. The second-order valence-electron chi connectivity index (χ2n) is 4.03. The normalized spacial score (nSPS) is 10.2. The highest BCUT2D eigenvalue weighted by molar-refractivity contribution is 6.33. The van der Waals surface area contributed by atoms with Crippen LogP contribution in [0.1, 0.15) is 10.4 Å². The van der Waals surface area contributed by atoms with E-state index in [0.29, 0.717) is 16.4 Å². The van der Waals surface area contributed by atoms with Gasteiger partial charge in [0.1, 0.15) is 5.56 Å². The van der Waals surface area contributed by atoms with Crippen molar-refractivity contribution in [3.63, 3.8) is 0 Å². The Morgan fingerprint density at radius 3 is 2.79 bits per heavy atom. The van der Waals surface area contributed by atoms with Gasteiger partial charge in [0.15, 0.2) is 0 Å². The number of halogens is 1. The summed E-state index contributed by atoms with van der Waals surface area (Å²) in [6.07, 6.45) is 1.58. The summed E-state index contributed by atoms with van der Waals surface area (Å²) >= 11 is 5.86. The SMILES string of the molecule is Cn1cccc(C(=O)Nc2ccc(N)c(Cl)c2)c1=O. The molecule has 2 aromatic rings. The van der Waals surface area contributed by atoms with Crippen LogP contribution in [0.15, 0.2) is 41.3 Å². The quantitative estimate of drug-likeness (QED) is 0.823.